The number of Topliss-reactive ketones (excluding diaryl/α,β-unsaturated/α-hetero) is 1. The summed E-state index contributed by atoms with van der Waals surface area (Å²) in [6.45, 7) is 0.154. The Morgan fingerprint density at radius 2 is 1.79 bits per heavy atom. The zero-order valence-electron chi connectivity index (χ0n) is 10.7. The van der Waals surface area contributed by atoms with Crippen LogP contribution in [0, 0.1) is 0 Å². The minimum atomic E-state index is -0.00478. The number of nitrogens with zero attached hydrogens (tertiary/aromatic N) is 1. The van der Waals surface area contributed by atoms with Gasteiger partial charge in [-0.3, -0.25) is 9.79 Å². The zero-order valence-corrected chi connectivity index (χ0v) is 10.7. The summed E-state index contributed by atoms with van der Waals surface area (Å²) in [5.41, 5.74) is 1.64. The SMILES string of the molecule is COc1ccc(C(=O)CN=Cc2ccccc2)cc1. The molecule has 0 N–H and O–H groups in total. The highest BCUT2D eigenvalue weighted by Crippen LogP contribution is 2.11. The van der Waals surface area contributed by atoms with Gasteiger partial charge in [0.2, 0.25) is 0 Å². The van der Waals surface area contributed by atoms with Crippen molar-refractivity contribution >= 4 is 12.0 Å². The van der Waals surface area contributed by atoms with Crippen molar-refractivity contribution in [2.75, 3.05) is 13.7 Å². The number of benzene rings is 2. The van der Waals surface area contributed by atoms with E-state index in [0.717, 1.165) is 11.3 Å². The van der Waals surface area contributed by atoms with E-state index in [1.807, 2.05) is 30.3 Å². The second-order valence-electron chi connectivity index (χ2n) is 4.03. The first-order chi connectivity index (χ1) is 9.29. The molecule has 96 valence electrons. The number of ether oxygens (including phenoxy) is 1. The van der Waals surface area contributed by atoms with Crippen LogP contribution in [-0.2, 0) is 0 Å². The van der Waals surface area contributed by atoms with Crippen LogP contribution in [0.3, 0.4) is 0 Å². The first-order valence-electron chi connectivity index (χ1n) is 6.02. The van der Waals surface area contributed by atoms with E-state index in [1.54, 1.807) is 37.6 Å². The molecule has 0 amide bonds. The summed E-state index contributed by atoms with van der Waals surface area (Å²) in [7, 11) is 1.60. The highest BCUT2D eigenvalue weighted by Gasteiger charge is 2.04. The van der Waals surface area contributed by atoms with Crippen LogP contribution in [-0.4, -0.2) is 25.7 Å². The van der Waals surface area contributed by atoms with E-state index in [1.165, 1.54) is 0 Å². The van der Waals surface area contributed by atoms with E-state index in [4.69, 9.17) is 4.74 Å². The minimum absolute atomic E-state index is 0.00478. The summed E-state index contributed by atoms with van der Waals surface area (Å²) < 4.78 is 5.05. The highest BCUT2D eigenvalue weighted by atomic mass is 16.5. The van der Waals surface area contributed by atoms with Gasteiger partial charge in [0.05, 0.1) is 7.11 Å². The Balaban J connectivity index is 1.95. The molecule has 0 spiro atoms. The number of aliphatic imine (C=N–C) groups is 1. The Labute approximate surface area is 112 Å². The molecule has 0 unspecified atom stereocenters. The molecule has 2 aromatic rings. The molecule has 0 atom stereocenters. The molecule has 0 saturated heterocycles. The molecule has 0 saturated carbocycles. The number of ketones is 1. The Hall–Kier alpha value is -2.42. The molecule has 0 radical (unpaired) electrons. The van der Waals surface area contributed by atoms with E-state index in [9.17, 15) is 4.79 Å². The average molecular weight is 253 g/mol. The topological polar surface area (TPSA) is 38.7 Å². The Morgan fingerprint density at radius 1 is 1.11 bits per heavy atom. The molecule has 0 bridgehead atoms. The quantitative estimate of drug-likeness (QED) is 0.607. The monoisotopic (exact) mass is 253 g/mol. The van der Waals surface area contributed by atoms with Crippen molar-refractivity contribution < 1.29 is 9.53 Å². The Kier molecular flexibility index (Phi) is 4.45. The second kappa shape index (κ2) is 6.50. The van der Waals surface area contributed by atoms with Crippen LogP contribution >= 0.6 is 0 Å². The van der Waals surface area contributed by atoms with Crippen LogP contribution in [0.4, 0.5) is 0 Å². The maximum Gasteiger partial charge on any atom is 0.184 e. The molecule has 0 aromatic heterocycles. The van der Waals surface area contributed by atoms with Crippen LogP contribution in [0.15, 0.2) is 59.6 Å². The van der Waals surface area contributed by atoms with Crippen LogP contribution in [0.2, 0.25) is 0 Å². The third-order valence-corrected chi connectivity index (χ3v) is 2.69. The lowest BCUT2D eigenvalue weighted by Crippen LogP contribution is -2.03. The highest BCUT2D eigenvalue weighted by molar-refractivity contribution is 5.98. The van der Waals surface area contributed by atoms with Gasteiger partial charge in [0.15, 0.2) is 5.78 Å². The number of carbonyl (C=O) groups is 1. The van der Waals surface area contributed by atoms with Gasteiger partial charge in [-0.2, -0.15) is 0 Å². The van der Waals surface area contributed by atoms with E-state index in [-0.39, 0.29) is 12.3 Å². The molecule has 3 heteroatoms. The average Bonchev–Trinajstić information content (AvgIpc) is 2.48. The van der Waals surface area contributed by atoms with Gasteiger partial charge in [0.1, 0.15) is 12.3 Å². The summed E-state index contributed by atoms with van der Waals surface area (Å²) in [5, 5.41) is 0. The molecule has 0 aliphatic rings. The van der Waals surface area contributed by atoms with E-state index in [2.05, 4.69) is 4.99 Å². The fraction of sp³-hybridized carbons (Fsp3) is 0.125. The molecule has 0 aliphatic carbocycles. The van der Waals surface area contributed by atoms with Crippen molar-refractivity contribution in [3.63, 3.8) is 0 Å². The third-order valence-electron chi connectivity index (χ3n) is 2.69. The largest absolute Gasteiger partial charge is 0.497 e. The minimum Gasteiger partial charge on any atom is -0.497 e. The van der Waals surface area contributed by atoms with Crippen molar-refractivity contribution in [2.45, 2.75) is 0 Å². The number of hydrogen-bond acceptors (Lipinski definition) is 3. The molecule has 3 nitrogen and oxygen atoms in total. The number of rotatable bonds is 5. The van der Waals surface area contributed by atoms with E-state index in [0.29, 0.717) is 5.56 Å². The molecule has 2 rings (SSSR count). The van der Waals surface area contributed by atoms with E-state index < -0.39 is 0 Å². The van der Waals surface area contributed by atoms with Crippen molar-refractivity contribution in [2.24, 2.45) is 4.99 Å². The van der Waals surface area contributed by atoms with Crippen LogP contribution < -0.4 is 4.74 Å². The van der Waals surface area contributed by atoms with Gasteiger partial charge in [0, 0.05) is 11.8 Å². The molecule has 2 aromatic carbocycles. The summed E-state index contributed by atoms with van der Waals surface area (Å²) in [5.74, 6) is 0.735. The summed E-state index contributed by atoms with van der Waals surface area (Å²) in [6.07, 6.45) is 1.71. The maximum absolute atomic E-state index is 11.9. The van der Waals surface area contributed by atoms with Crippen molar-refractivity contribution in [1.29, 1.82) is 0 Å². The lowest BCUT2D eigenvalue weighted by atomic mass is 10.1. The summed E-state index contributed by atoms with van der Waals surface area (Å²) in [6, 6.07) is 16.8. The Bertz CT molecular complexity index is 559. The lowest BCUT2D eigenvalue weighted by molar-refractivity contribution is 0.100. The van der Waals surface area contributed by atoms with Gasteiger partial charge in [-0.25, -0.2) is 0 Å². The summed E-state index contributed by atoms with van der Waals surface area (Å²) >= 11 is 0. The molecule has 19 heavy (non-hydrogen) atoms. The second-order valence-corrected chi connectivity index (χ2v) is 4.03. The molecular weight excluding hydrogens is 238 g/mol. The number of methoxy groups -OCH3 is 1. The van der Waals surface area contributed by atoms with Gasteiger partial charge >= 0.3 is 0 Å². The Morgan fingerprint density at radius 3 is 2.42 bits per heavy atom. The first-order valence-corrected chi connectivity index (χ1v) is 6.02. The number of carbonyl (C=O) groups excluding carboxylic acids is 1. The third kappa shape index (κ3) is 3.78. The number of hydrogen-bond donors (Lipinski definition) is 0. The van der Waals surface area contributed by atoms with Gasteiger partial charge in [-0.05, 0) is 29.8 Å². The molecule has 0 aliphatic heterocycles. The van der Waals surface area contributed by atoms with Crippen LogP contribution in [0.1, 0.15) is 15.9 Å². The van der Waals surface area contributed by atoms with Gasteiger partial charge in [-0.15, -0.1) is 0 Å². The van der Waals surface area contributed by atoms with E-state index >= 15 is 0 Å². The summed E-state index contributed by atoms with van der Waals surface area (Å²) in [4.78, 5) is 16.0. The normalized spacial score (nSPS) is 10.6. The smallest absolute Gasteiger partial charge is 0.184 e. The van der Waals surface area contributed by atoms with Crippen molar-refractivity contribution in [3.05, 3.63) is 65.7 Å². The maximum atomic E-state index is 11.9. The predicted octanol–water partition coefficient (Wildman–Crippen LogP) is 3.00. The first kappa shape index (κ1) is 13.0. The van der Waals surface area contributed by atoms with Gasteiger partial charge in [-0.1, -0.05) is 30.3 Å². The molecule has 0 fully saturated rings. The van der Waals surface area contributed by atoms with Crippen molar-refractivity contribution in [3.8, 4) is 5.75 Å². The van der Waals surface area contributed by atoms with Gasteiger partial charge in [0.25, 0.3) is 0 Å². The lowest BCUT2D eigenvalue weighted by Gasteiger charge is -2.01. The van der Waals surface area contributed by atoms with Crippen molar-refractivity contribution in [1.82, 2.24) is 0 Å². The fourth-order valence-corrected chi connectivity index (χ4v) is 1.64. The standard InChI is InChI=1S/C16H15NO2/c1-19-15-9-7-14(8-10-15)16(18)12-17-11-13-5-3-2-4-6-13/h2-11H,12H2,1H3. The predicted molar refractivity (Wildman–Crippen MR) is 76.2 cm³/mol. The van der Waals surface area contributed by atoms with Gasteiger partial charge < -0.3 is 4.74 Å². The van der Waals surface area contributed by atoms with Crippen LogP contribution in [0.25, 0.3) is 0 Å². The molecular formula is C16H15NO2. The van der Waals surface area contributed by atoms with Crippen LogP contribution in [0.5, 0.6) is 5.75 Å². The molecule has 0 heterocycles. The fourth-order valence-electron chi connectivity index (χ4n) is 1.64. The zero-order chi connectivity index (χ0) is 13.5.